The van der Waals surface area contributed by atoms with Crippen LogP contribution in [-0.4, -0.2) is 75.4 Å². The van der Waals surface area contributed by atoms with Crippen LogP contribution in [0.5, 0.6) is 5.75 Å². The molecule has 0 saturated carbocycles. The van der Waals surface area contributed by atoms with Crippen molar-refractivity contribution in [2.75, 3.05) is 33.3 Å². The minimum Gasteiger partial charge on any atom is -0.497 e. The molecule has 0 unspecified atom stereocenters. The van der Waals surface area contributed by atoms with Crippen LogP contribution in [0.4, 0.5) is 4.79 Å². The molecule has 1 saturated heterocycles. The summed E-state index contributed by atoms with van der Waals surface area (Å²) in [6.07, 6.45) is 6.56. The average molecular weight is 422 g/mol. The molecule has 3 heterocycles. The van der Waals surface area contributed by atoms with Crippen LogP contribution in [-0.2, 0) is 6.54 Å². The van der Waals surface area contributed by atoms with Crippen molar-refractivity contribution in [3.05, 3.63) is 54.8 Å². The number of benzene rings is 1. The number of aromatic nitrogens is 3. The third-order valence-electron chi connectivity index (χ3n) is 5.49. The molecule has 0 atom stereocenters. The van der Waals surface area contributed by atoms with E-state index in [-0.39, 0.29) is 6.03 Å². The van der Waals surface area contributed by atoms with Crippen molar-refractivity contribution >= 4 is 17.6 Å². The molecule has 0 bridgehead atoms. The van der Waals surface area contributed by atoms with Crippen molar-refractivity contribution in [1.29, 1.82) is 0 Å². The van der Waals surface area contributed by atoms with Crippen LogP contribution in [0, 0.1) is 0 Å². The first-order valence-corrected chi connectivity index (χ1v) is 10.5. The Labute approximate surface area is 181 Å². The third kappa shape index (κ3) is 4.56. The predicted molar refractivity (Wildman–Crippen MR) is 119 cm³/mol. The van der Waals surface area contributed by atoms with E-state index < -0.39 is 0 Å². The molecule has 2 aromatic rings. The number of hydrogen-bond acceptors (Lipinski definition) is 7. The van der Waals surface area contributed by atoms with Gasteiger partial charge in [0.1, 0.15) is 17.8 Å². The average Bonchev–Trinajstić information content (AvgIpc) is 3.30. The zero-order valence-corrected chi connectivity index (χ0v) is 17.8. The summed E-state index contributed by atoms with van der Waals surface area (Å²) in [4.78, 5) is 30.6. The summed E-state index contributed by atoms with van der Waals surface area (Å²) in [5, 5.41) is 4.12. The lowest BCUT2D eigenvalue weighted by atomic mass is 10.1. The molecule has 1 amide bonds. The largest absolute Gasteiger partial charge is 0.497 e. The molecule has 0 spiro atoms. The normalized spacial score (nSPS) is 19.6. The maximum atomic E-state index is 13.1. The second-order valence-electron chi connectivity index (χ2n) is 7.48. The van der Waals surface area contributed by atoms with Gasteiger partial charge in [0.15, 0.2) is 11.7 Å². The Balaban J connectivity index is 1.62. The second-order valence-corrected chi connectivity index (χ2v) is 7.48. The summed E-state index contributed by atoms with van der Waals surface area (Å²) in [5.74, 6) is 1.61. The van der Waals surface area contributed by atoms with Crippen LogP contribution >= 0.6 is 0 Å². The van der Waals surface area contributed by atoms with Crippen molar-refractivity contribution in [2.24, 2.45) is 9.98 Å². The molecule has 0 aliphatic carbocycles. The van der Waals surface area contributed by atoms with E-state index in [0.29, 0.717) is 30.5 Å². The zero-order chi connectivity index (χ0) is 21.6. The highest BCUT2D eigenvalue weighted by atomic mass is 16.5. The predicted octanol–water partition coefficient (Wildman–Crippen LogP) is 2.59. The number of fused-ring (bicyclic) bond motifs is 1. The van der Waals surface area contributed by atoms with E-state index in [0.717, 1.165) is 30.9 Å². The fraction of sp³-hybridized carbons (Fsp3) is 0.409. The zero-order valence-electron chi connectivity index (χ0n) is 17.8. The fourth-order valence-corrected chi connectivity index (χ4v) is 3.88. The molecule has 1 aromatic heterocycles. The molecule has 31 heavy (non-hydrogen) atoms. The summed E-state index contributed by atoms with van der Waals surface area (Å²) in [7, 11) is 1.62. The van der Waals surface area contributed by atoms with Gasteiger partial charge in [-0.05, 0) is 43.6 Å². The van der Waals surface area contributed by atoms with Crippen molar-refractivity contribution in [1.82, 2.24) is 24.6 Å². The Bertz CT molecular complexity index is 988. The number of aliphatic imine (C=N–C) groups is 2. The molecule has 162 valence electrons. The number of carbonyl (C=O) groups excluding carboxylic acids is 1. The van der Waals surface area contributed by atoms with Gasteiger partial charge in [-0.2, -0.15) is 9.78 Å². The molecular formula is C22H27N7O2. The van der Waals surface area contributed by atoms with Gasteiger partial charge in [0, 0.05) is 12.7 Å². The summed E-state index contributed by atoms with van der Waals surface area (Å²) in [5.41, 5.74) is 1.49. The lowest BCUT2D eigenvalue weighted by Crippen LogP contribution is -2.50. The van der Waals surface area contributed by atoms with Crippen LogP contribution < -0.4 is 4.74 Å². The first kappa shape index (κ1) is 20.9. The Morgan fingerprint density at radius 3 is 2.68 bits per heavy atom. The fourth-order valence-electron chi connectivity index (χ4n) is 3.88. The number of ether oxygens (including phenoxy) is 1. The highest BCUT2D eigenvalue weighted by Gasteiger charge is 2.36. The van der Waals surface area contributed by atoms with Crippen molar-refractivity contribution < 1.29 is 9.53 Å². The SMILES string of the molecule is C=C/N=C1\C(=N/CCN2CCCCC2)c2ncnn2C(=O)N1Cc1ccc(OC)cc1. The monoisotopic (exact) mass is 421 g/mol. The number of amides is 1. The Morgan fingerprint density at radius 2 is 1.97 bits per heavy atom. The number of nitrogens with zero attached hydrogens (tertiary/aromatic N) is 7. The van der Waals surface area contributed by atoms with E-state index in [1.165, 1.54) is 36.5 Å². The molecule has 9 nitrogen and oxygen atoms in total. The summed E-state index contributed by atoms with van der Waals surface area (Å²) < 4.78 is 6.51. The summed E-state index contributed by atoms with van der Waals surface area (Å²) in [6.45, 7) is 7.73. The van der Waals surface area contributed by atoms with Gasteiger partial charge < -0.3 is 9.64 Å². The first-order valence-electron chi connectivity index (χ1n) is 10.5. The van der Waals surface area contributed by atoms with E-state index in [4.69, 9.17) is 9.73 Å². The maximum absolute atomic E-state index is 13.1. The topological polar surface area (TPSA) is 88.2 Å². The summed E-state index contributed by atoms with van der Waals surface area (Å²) >= 11 is 0. The highest BCUT2D eigenvalue weighted by molar-refractivity contribution is 6.50. The van der Waals surface area contributed by atoms with E-state index >= 15 is 0 Å². The van der Waals surface area contributed by atoms with E-state index in [1.54, 1.807) is 12.0 Å². The number of methoxy groups -OCH3 is 1. The van der Waals surface area contributed by atoms with Crippen LogP contribution in [0.3, 0.4) is 0 Å². The molecular weight excluding hydrogens is 394 g/mol. The quantitative estimate of drug-likeness (QED) is 0.686. The van der Waals surface area contributed by atoms with Gasteiger partial charge in [0.05, 0.1) is 20.2 Å². The Kier molecular flexibility index (Phi) is 6.51. The van der Waals surface area contributed by atoms with Gasteiger partial charge in [-0.25, -0.2) is 14.8 Å². The number of piperidine rings is 1. The standard InChI is InChI=1S/C22H27N7O2/c1-3-23-20-19(24-11-14-27-12-5-4-6-13-27)21-25-16-26-29(21)22(30)28(20)15-17-7-9-18(31-2)10-8-17/h3,7-10,16H,1,4-6,11-15H2,2H3/b23-20+,24-19+. The van der Waals surface area contributed by atoms with Crippen LogP contribution in [0.15, 0.2) is 53.4 Å². The lowest BCUT2D eigenvalue weighted by molar-refractivity contribution is 0.216. The molecule has 0 radical (unpaired) electrons. The van der Waals surface area contributed by atoms with Gasteiger partial charge in [-0.1, -0.05) is 25.1 Å². The second kappa shape index (κ2) is 9.65. The molecule has 0 N–H and O–H groups in total. The highest BCUT2D eigenvalue weighted by Crippen LogP contribution is 2.19. The number of amidine groups is 1. The van der Waals surface area contributed by atoms with E-state index in [2.05, 4.69) is 26.6 Å². The van der Waals surface area contributed by atoms with Gasteiger partial charge in [0.2, 0.25) is 0 Å². The van der Waals surface area contributed by atoms with Gasteiger partial charge >= 0.3 is 6.03 Å². The Morgan fingerprint density at radius 1 is 1.19 bits per heavy atom. The number of likely N-dealkylation sites (tertiary alicyclic amines) is 1. The minimum absolute atomic E-state index is 0.319. The van der Waals surface area contributed by atoms with Crippen molar-refractivity contribution in [3.8, 4) is 5.75 Å². The molecule has 2 aliphatic rings. The van der Waals surface area contributed by atoms with E-state index in [1.807, 2.05) is 24.3 Å². The molecule has 9 heteroatoms. The lowest BCUT2D eigenvalue weighted by Gasteiger charge is -2.29. The molecule has 1 aromatic carbocycles. The molecule has 1 fully saturated rings. The first-order chi connectivity index (χ1) is 15.2. The van der Waals surface area contributed by atoms with Gasteiger partial charge in [0.25, 0.3) is 0 Å². The van der Waals surface area contributed by atoms with Crippen LogP contribution in [0.25, 0.3) is 0 Å². The van der Waals surface area contributed by atoms with Crippen molar-refractivity contribution in [3.63, 3.8) is 0 Å². The minimum atomic E-state index is -0.320. The van der Waals surface area contributed by atoms with Crippen LogP contribution in [0.2, 0.25) is 0 Å². The third-order valence-corrected chi connectivity index (χ3v) is 5.49. The molecule has 2 aliphatic heterocycles. The number of carbonyl (C=O) groups is 1. The number of hydrogen-bond donors (Lipinski definition) is 0. The van der Waals surface area contributed by atoms with E-state index in [9.17, 15) is 4.79 Å². The smallest absolute Gasteiger partial charge is 0.352 e. The van der Waals surface area contributed by atoms with Crippen molar-refractivity contribution in [2.45, 2.75) is 25.8 Å². The molecule has 4 rings (SSSR count). The van der Waals surface area contributed by atoms with Gasteiger partial charge in [-0.15, -0.1) is 0 Å². The van der Waals surface area contributed by atoms with Crippen LogP contribution in [0.1, 0.15) is 30.7 Å². The number of rotatable bonds is 7. The van der Waals surface area contributed by atoms with Gasteiger partial charge in [-0.3, -0.25) is 9.89 Å². The Hall–Kier alpha value is -3.33. The summed E-state index contributed by atoms with van der Waals surface area (Å²) in [6, 6.07) is 7.24. The maximum Gasteiger partial charge on any atom is 0.352 e.